The van der Waals surface area contributed by atoms with Crippen molar-refractivity contribution in [2.24, 2.45) is 0 Å². The zero-order chi connectivity index (χ0) is 14.9. The topological polar surface area (TPSA) is 110 Å². The van der Waals surface area contributed by atoms with E-state index in [4.69, 9.17) is 11.6 Å². The zero-order valence-electron chi connectivity index (χ0n) is 10.1. The summed E-state index contributed by atoms with van der Waals surface area (Å²) in [5.41, 5.74) is -1.10. The number of benzene rings is 1. The summed E-state index contributed by atoms with van der Waals surface area (Å²) < 4.78 is 39.6. The van der Waals surface area contributed by atoms with Gasteiger partial charge in [0.2, 0.25) is 10.0 Å². The minimum Gasteiger partial charge on any atom is -0.282 e. The largest absolute Gasteiger partial charge is 0.365 e. The Labute approximate surface area is 117 Å². The molecule has 0 saturated heterocycles. The van der Waals surface area contributed by atoms with Gasteiger partial charge in [0.1, 0.15) is 5.69 Å². The Morgan fingerprint density at radius 1 is 1.50 bits per heavy atom. The van der Waals surface area contributed by atoms with E-state index in [1.54, 1.807) is 0 Å². The third-order valence-electron chi connectivity index (χ3n) is 2.38. The van der Waals surface area contributed by atoms with Crippen molar-refractivity contribution in [1.29, 1.82) is 0 Å². The summed E-state index contributed by atoms with van der Waals surface area (Å²) in [6.07, 6.45) is 0. The van der Waals surface area contributed by atoms with Crippen molar-refractivity contribution in [2.45, 2.75) is 6.92 Å². The molecule has 11 heteroatoms. The van der Waals surface area contributed by atoms with Crippen molar-refractivity contribution in [3.8, 4) is 5.69 Å². The summed E-state index contributed by atoms with van der Waals surface area (Å²) >= 11 is 5.77. The van der Waals surface area contributed by atoms with E-state index in [1.807, 2.05) is 5.10 Å². The number of hydrogen-bond acceptors (Lipinski definition) is 5. The molecule has 0 aliphatic carbocycles. The fourth-order valence-electron chi connectivity index (χ4n) is 1.37. The van der Waals surface area contributed by atoms with Crippen LogP contribution < -0.4 is 10.4 Å². The lowest BCUT2D eigenvalue weighted by Gasteiger charge is -2.10. The summed E-state index contributed by atoms with van der Waals surface area (Å²) in [5.74, 6) is -1.02. The van der Waals surface area contributed by atoms with E-state index < -0.39 is 21.5 Å². The van der Waals surface area contributed by atoms with Gasteiger partial charge < -0.3 is 0 Å². The summed E-state index contributed by atoms with van der Waals surface area (Å²) in [7, 11) is -3.59. The number of nitrogens with one attached hydrogen (secondary N) is 2. The fourth-order valence-corrected chi connectivity index (χ4v) is 2.28. The maximum absolute atomic E-state index is 13.8. The number of sulfonamides is 1. The van der Waals surface area contributed by atoms with E-state index in [1.165, 1.54) is 6.92 Å². The van der Waals surface area contributed by atoms with E-state index in [2.05, 4.69) is 15.1 Å². The predicted molar refractivity (Wildman–Crippen MR) is 70.0 cm³/mol. The minimum absolute atomic E-state index is 0.0557. The molecule has 0 amide bonds. The average Bonchev–Trinajstić information content (AvgIpc) is 2.79. The highest BCUT2D eigenvalue weighted by Gasteiger charge is 2.16. The van der Waals surface area contributed by atoms with Crippen LogP contribution in [0.15, 0.2) is 16.9 Å². The molecule has 0 bridgehead atoms. The van der Waals surface area contributed by atoms with Crippen LogP contribution in [0.2, 0.25) is 5.02 Å². The van der Waals surface area contributed by atoms with Gasteiger partial charge in [0.05, 0.1) is 16.5 Å². The van der Waals surface area contributed by atoms with Crippen LogP contribution >= 0.6 is 11.6 Å². The molecule has 108 valence electrons. The molecular weight excluding hydrogens is 313 g/mol. The predicted octanol–water partition coefficient (Wildman–Crippen LogP) is 0.510. The Balaban J connectivity index is 2.56. The maximum Gasteiger partial charge on any atom is 0.365 e. The van der Waals surface area contributed by atoms with E-state index in [-0.39, 0.29) is 22.2 Å². The van der Waals surface area contributed by atoms with Crippen LogP contribution in [0.1, 0.15) is 6.92 Å². The number of hydrogen-bond donors (Lipinski definition) is 2. The average molecular weight is 322 g/mol. The molecule has 1 heterocycles. The maximum atomic E-state index is 13.8. The van der Waals surface area contributed by atoms with E-state index in [0.717, 1.165) is 12.1 Å². The quantitative estimate of drug-likeness (QED) is 0.852. The Hall–Kier alpha value is -1.94. The van der Waals surface area contributed by atoms with Crippen molar-refractivity contribution in [3.05, 3.63) is 33.5 Å². The van der Waals surface area contributed by atoms with E-state index >= 15 is 0 Å². The van der Waals surface area contributed by atoms with Crippen molar-refractivity contribution < 1.29 is 12.8 Å². The summed E-state index contributed by atoms with van der Waals surface area (Å²) in [5, 5.41) is 8.45. The van der Waals surface area contributed by atoms with Gasteiger partial charge in [-0.2, -0.15) is 4.68 Å². The molecular formula is C9H9ClFN5O3S. The van der Waals surface area contributed by atoms with Crippen LogP contribution in [0.3, 0.4) is 0 Å². The monoisotopic (exact) mass is 321 g/mol. The van der Waals surface area contributed by atoms with E-state index in [0.29, 0.717) is 4.68 Å². The normalized spacial score (nSPS) is 11.6. The smallest absolute Gasteiger partial charge is 0.282 e. The Bertz CT molecular complexity index is 800. The number of halogens is 2. The van der Waals surface area contributed by atoms with Gasteiger partial charge in [-0.15, -0.1) is 0 Å². The van der Waals surface area contributed by atoms with Crippen molar-refractivity contribution in [3.63, 3.8) is 0 Å². The first-order valence-corrected chi connectivity index (χ1v) is 7.37. The molecule has 1 aromatic carbocycles. The summed E-state index contributed by atoms with van der Waals surface area (Å²) in [6.45, 7) is 1.43. The van der Waals surface area contributed by atoms with Crippen LogP contribution in [-0.2, 0) is 10.0 Å². The second kappa shape index (κ2) is 5.21. The molecule has 0 atom stereocenters. The first-order valence-electron chi connectivity index (χ1n) is 5.34. The standard InChI is InChI=1S/C9H9ClFN5O3S/c1-2-20(18,19)13-7-4-8(6(11)3-5(7)10)16-9(17)12-14-15-16/h3-4,13H,2H2,1H3,(H,12,15,17). The van der Waals surface area contributed by atoms with Crippen LogP contribution in [0.4, 0.5) is 10.1 Å². The molecule has 2 N–H and O–H groups in total. The lowest BCUT2D eigenvalue weighted by atomic mass is 10.2. The Morgan fingerprint density at radius 2 is 2.20 bits per heavy atom. The molecule has 0 aliphatic rings. The van der Waals surface area contributed by atoms with Crippen molar-refractivity contribution >= 4 is 27.3 Å². The second-order valence-corrected chi connectivity index (χ2v) is 6.13. The van der Waals surface area contributed by atoms with Crippen LogP contribution in [-0.4, -0.2) is 34.4 Å². The Kier molecular flexibility index (Phi) is 3.77. The molecule has 1 aromatic heterocycles. The number of H-pyrrole nitrogens is 1. The number of anilines is 1. The van der Waals surface area contributed by atoms with Crippen LogP contribution in [0.5, 0.6) is 0 Å². The van der Waals surface area contributed by atoms with E-state index in [9.17, 15) is 17.6 Å². The van der Waals surface area contributed by atoms with Gasteiger partial charge in [-0.3, -0.25) is 4.72 Å². The number of rotatable bonds is 4. The molecule has 0 aliphatic heterocycles. The fraction of sp³-hybridized carbons (Fsp3) is 0.222. The number of nitrogens with zero attached hydrogens (tertiary/aromatic N) is 3. The van der Waals surface area contributed by atoms with Gasteiger partial charge >= 0.3 is 5.69 Å². The SMILES string of the molecule is CCS(=O)(=O)Nc1cc(-n2nn[nH]c2=O)c(F)cc1Cl. The number of aromatic amines is 1. The third kappa shape index (κ3) is 2.80. The minimum atomic E-state index is -3.59. The summed E-state index contributed by atoms with van der Waals surface area (Å²) in [6, 6.07) is 1.94. The third-order valence-corrected chi connectivity index (χ3v) is 3.99. The lowest BCUT2D eigenvalue weighted by molar-refractivity contribution is 0.600. The van der Waals surface area contributed by atoms with Gasteiger partial charge in [0.25, 0.3) is 0 Å². The summed E-state index contributed by atoms with van der Waals surface area (Å²) in [4.78, 5) is 11.4. The highest BCUT2D eigenvalue weighted by atomic mass is 35.5. The number of tetrazole rings is 1. The molecule has 0 radical (unpaired) electrons. The molecule has 2 aromatic rings. The first kappa shape index (κ1) is 14.5. The van der Waals surface area contributed by atoms with Gasteiger partial charge in [-0.25, -0.2) is 22.7 Å². The molecule has 0 unspecified atom stereocenters. The van der Waals surface area contributed by atoms with Crippen LogP contribution in [0, 0.1) is 5.82 Å². The zero-order valence-corrected chi connectivity index (χ0v) is 11.7. The van der Waals surface area contributed by atoms with Crippen molar-refractivity contribution in [2.75, 3.05) is 10.5 Å². The molecule has 0 saturated carbocycles. The highest BCUT2D eigenvalue weighted by molar-refractivity contribution is 7.92. The number of aromatic nitrogens is 4. The highest BCUT2D eigenvalue weighted by Crippen LogP contribution is 2.27. The Morgan fingerprint density at radius 3 is 2.75 bits per heavy atom. The lowest BCUT2D eigenvalue weighted by Crippen LogP contribution is -2.19. The molecule has 20 heavy (non-hydrogen) atoms. The van der Waals surface area contributed by atoms with Gasteiger partial charge in [-0.05, 0) is 29.5 Å². The van der Waals surface area contributed by atoms with Crippen LogP contribution in [0.25, 0.3) is 5.69 Å². The molecule has 0 fully saturated rings. The molecule has 8 nitrogen and oxygen atoms in total. The van der Waals surface area contributed by atoms with Gasteiger partial charge in [0, 0.05) is 0 Å². The van der Waals surface area contributed by atoms with Gasteiger partial charge in [-0.1, -0.05) is 11.6 Å². The first-order chi connectivity index (χ1) is 9.34. The second-order valence-electron chi connectivity index (χ2n) is 3.71. The van der Waals surface area contributed by atoms with Crippen molar-refractivity contribution in [1.82, 2.24) is 20.2 Å². The molecule has 2 rings (SSSR count). The molecule has 0 spiro atoms. The van der Waals surface area contributed by atoms with Gasteiger partial charge in [0.15, 0.2) is 5.82 Å².